The van der Waals surface area contributed by atoms with Gasteiger partial charge >= 0.3 is 0 Å². The standard InChI is InChI=1S/C17H17BrN2O4/c1-10-6-7-14(13(18)8-10)24-9-15(21)19-20-17(23)12-5-3-4-11(2)16(12)22/h3-8,22H,9H2,1-2H3,(H,19,21)(H,20,23). The number of aromatic hydroxyl groups is 1. The van der Waals surface area contributed by atoms with Crippen LogP contribution in [0.15, 0.2) is 40.9 Å². The highest BCUT2D eigenvalue weighted by Crippen LogP contribution is 2.25. The van der Waals surface area contributed by atoms with Crippen molar-refractivity contribution in [2.45, 2.75) is 13.8 Å². The third-order valence-corrected chi connectivity index (χ3v) is 3.86. The lowest BCUT2D eigenvalue weighted by molar-refractivity contribution is -0.123. The molecule has 2 amide bonds. The normalized spacial score (nSPS) is 10.1. The van der Waals surface area contributed by atoms with Crippen LogP contribution in [0.2, 0.25) is 0 Å². The summed E-state index contributed by atoms with van der Waals surface area (Å²) in [7, 11) is 0. The molecule has 0 saturated heterocycles. The van der Waals surface area contributed by atoms with Crippen LogP contribution >= 0.6 is 15.9 Å². The molecular formula is C17H17BrN2O4. The Bertz CT molecular complexity index is 777. The Kier molecular flexibility index (Phi) is 5.81. The smallest absolute Gasteiger partial charge is 0.276 e. The molecule has 0 unspecified atom stereocenters. The zero-order chi connectivity index (χ0) is 17.7. The SMILES string of the molecule is Cc1ccc(OCC(=O)NNC(=O)c2cccc(C)c2O)c(Br)c1. The van der Waals surface area contributed by atoms with E-state index in [1.807, 2.05) is 19.1 Å². The molecule has 0 heterocycles. The Morgan fingerprint density at radius 1 is 1.17 bits per heavy atom. The van der Waals surface area contributed by atoms with E-state index in [0.717, 1.165) is 10.0 Å². The number of benzene rings is 2. The lowest BCUT2D eigenvalue weighted by Gasteiger charge is -2.11. The Balaban J connectivity index is 1.87. The van der Waals surface area contributed by atoms with Gasteiger partial charge in [-0.15, -0.1) is 0 Å². The van der Waals surface area contributed by atoms with E-state index in [0.29, 0.717) is 11.3 Å². The monoisotopic (exact) mass is 392 g/mol. The molecule has 6 nitrogen and oxygen atoms in total. The number of halogens is 1. The number of ether oxygens (including phenoxy) is 1. The number of rotatable bonds is 4. The predicted molar refractivity (Wildman–Crippen MR) is 92.8 cm³/mol. The van der Waals surface area contributed by atoms with Crippen LogP contribution in [0.3, 0.4) is 0 Å². The van der Waals surface area contributed by atoms with Gasteiger partial charge in [0.15, 0.2) is 6.61 Å². The Hall–Kier alpha value is -2.54. The van der Waals surface area contributed by atoms with Crippen molar-refractivity contribution in [2.75, 3.05) is 6.61 Å². The van der Waals surface area contributed by atoms with Crippen LogP contribution in [0.4, 0.5) is 0 Å². The molecule has 0 aliphatic heterocycles. The van der Waals surface area contributed by atoms with Crippen molar-refractivity contribution in [3.63, 3.8) is 0 Å². The summed E-state index contributed by atoms with van der Waals surface area (Å²) in [4.78, 5) is 23.7. The maximum Gasteiger partial charge on any atom is 0.276 e. The largest absolute Gasteiger partial charge is 0.507 e. The van der Waals surface area contributed by atoms with Crippen LogP contribution in [0, 0.1) is 13.8 Å². The summed E-state index contributed by atoms with van der Waals surface area (Å²) in [5.41, 5.74) is 6.19. The highest BCUT2D eigenvalue weighted by molar-refractivity contribution is 9.10. The predicted octanol–water partition coefficient (Wildman–Crippen LogP) is 2.61. The Morgan fingerprint density at radius 2 is 1.92 bits per heavy atom. The molecule has 0 spiro atoms. The first-order valence-corrected chi connectivity index (χ1v) is 7.94. The molecule has 2 aromatic rings. The minimum atomic E-state index is -0.610. The summed E-state index contributed by atoms with van der Waals surface area (Å²) in [5, 5.41) is 9.83. The van der Waals surface area contributed by atoms with E-state index >= 15 is 0 Å². The third kappa shape index (κ3) is 4.48. The van der Waals surface area contributed by atoms with Crippen LogP contribution < -0.4 is 15.6 Å². The van der Waals surface area contributed by atoms with Crippen molar-refractivity contribution in [3.05, 3.63) is 57.6 Å². The molecule has 0 radical (unpaired) electrons. The van der Waals surface area contributed by atoms with Gasteiger partial charge in [0.1, 0.15) is 11.5 Å². The maximum atomic E-state index is 12.0. The first-order chi connectivity index (χ1) is 11.4. The number of carbonyl (C=O) groups is 2. The van der Waals surface area contributed by atoms with Crippen molar-refractivity contribution >= 4 is 27.7 Å². The number of nitrogens with one attached hydrogen (secondary N) is 2. The fourth-order valence-electron chi connectivity index (χ4n) is 1.94. The molecule has 0 saturated carbocycles. The second-order valence-corrected chi connectivity index (χ2v) is 6.05. The van der Waals surface area contributed by atoms with E-state index in [1.54, 1.807) is 25.1 Å². The van der Waals surface area contributed by atoms with Gasteiger partial charge in [0.05, 0.1) is 10.0 Å². The molecule has 3 N–H and O–H groups in total. The number of para-hydroxylation sites is 1. The van der Waals surface area contributed by atoms with Crippen molar-refractivity contribution < 1.29 is 19.4 Å². The van der Waals surface area contributed by atoms with Crippen LogP contribution in [0.1, 0.15) is 21.5 Å². The van der Waals surface area contributed by atoms with E-state index < -0.39 is 11.8 Å². The number of hydrogen-bond donors (Lipinski definition) is 3. The summed E-state index contributed by atoms with van der Waals surface area (Å²) in [6.45, 7) is 3.36. The number of amides is 2. The second kappa shape index (κ2) is 7.83. The molecule has 0 bridgehead atoms. The molecule has 126 valence electrons. The van der Waals surface area contributed by atoms with Gasteiger partial charge in [0, 0.05) is 0 Å². The highest BCUT2D eigenvalue weighted by atomic mass is 79.9. The fourth-order valence-corrected chi connectivity index (χ4v) is 2.55. The zero-order valence-electron chi connectivity index (χ0n) is 13.2. The van der Waals surface area contributed by atoms with Gasteiger partial charge in [-0.3, -0.25) is 20.4 Å². The number of hydrazine groups is 1. The molecular weight excluding hydrogens is 376 g/mol. The minimum Gasteiger partial charge on any atom is -0.507 e. The second-order valence-electron chi connectivity index (χ2n) is 5.20. The van der Waals surface area contributed by atoms with Crippen molar-refractivity contribution in [1.82, 2.24) is 10.9 Å². The molecule has 0 atom stereocenters. The van der Waals surface area contributed by atoms with E-state index in [2.05, 4.69) is 26.8 Å². The van der Waals surface area contributed by atoms with Gasteiger partial charge in [0.2, 0.25) is 0 Å². The maximum absolute atomic E-state index is 12.0. The molecule has 2 aromatic carbocycles. The van der Waals surface area contributed by atoms with E-state index in [9.17, 15) is 14.7 Å². The molecule has 0 fully saturated rings. The molecule has 24 heavy (non-hydrogen) atoms. The number of phenolic OH excluding ortho intramolecular Hbond substituents is 1. The van der Waals surface area contributed by atoms with Gasteiger partial charge in [-0.2, -0.15) is 0 Å². The molecule has 0 aliphatic carbocycles. The van der Waals surface area contributed by atoms with Crippen LogP contribution in [-0.4, -0.2) is 23.5 Å². The van der Waals surface area contributed by atoms with Gasteiger partial charge in [-0.1, -0.05) is 18.2 Å². The van der Waals surface area contributed by atoms with Crippen molar-refractivity contribution in [1.29, 1.82) is 0 Å². The average Bonchev–Trinajstić information content (AvgIpc) is 2.54. The summed E-state index contributed by atoms with van der Waals surface area (Å²) in [5.74, 6) is -0.730. The number of phenols is 1. The van der Waals surface area contributed by atoms with Crippen molar-refractivity contribution in [2.24, 2.45) is 0 Å². The average molecular weight is 393 g/mol. The molecule has 2 rings (SSSR count). The summed E-state index contributed by atoms with van der Waals surface area (Å²) < 4.78 is 6.11. The number of aryl methyl sites for hydroxylation is 2. The fraction of sp³-hybridized carbons (Fsp3) is 0.176. The Morgan fingerprint density at radius 3 is 2.62 bits per heavy atom. The lowest BCUT2D eigenvalue weighted by Crippen LogP contribution is -2.43. The van der Waals surface area contributed by atoms with Crippen LogP contribution in [-0.2, 0) is 4.79 Å². The molecule has 0 aliphatic rings. The van der Waals surface area contributed by atoms with Crippen LogP contribution in [0.25, 0.3) is 0 Å². The topological polar surface area (TPSA) is 87.7 Å². The Labute approximate surface area is 147 Å². The summed E-state index contributed by atoms with van der Waals surface area (Å²) >= 11 is 3.35. The van der Waals surface area contributed by atoms with Crippen molar-refractivity contribution in [3.8, 4) is 11.5 Å². The molecule has 7 heteroatoms. The first kappa shape index (κ1) is 17.8. The van der Waals surface area contributed by atoms with E-state index in [1.165, 1.54) is 6.07 Å². The van der Waals surface area contributed by atoms with E-state index in [4.69, 9.17) is 4.74 Å². The number of carbonyl (C=O) groups excluding carboxylic acids is 2. The lowest BCUT2D eigenvalue weighted by atomic mass is 10.1. The van der Waals surface area contributed by atoms with Gasteiger partial charge in [-0.25, -0.2) is 0 Å². The van der Waals surface area contributed by atoms with Gasteiger partial charge in [0.25, 0.3) is 11.8 Å². The number of hydrogen-bond acceptors (Lipinski definition) is 4. The third-order valence-electron chi connectivity index (χ3n) is 3.24. The zero-order valence-corrected chi connectivity index (χ0v) is 14.8. The summed E-state index contributed by atoms with van der Waals surface area (Å²) in [6, 6.07) is 10.3. The van der Waals surface area contributed by atoms with Gasteiger partial charge in [-0.05, 0) is 59.1 Å². The first-order valence-electron chi connectivity index (χ1n) is 7.15. The minimum absolute atomic E-state index is 0.0810. The highest BCUT2D eigenvalue weighted by Gasteiger charge is 2.13. The molecule has 0 aromatic heterocycles. The quantitative estimate of drug-likeness (QED) is 0.697. The van der Waals surface area contributed by atoms with Crippen LogP contribution in [0.5, 0.6) is 11.5 Å². The van der Waals surface area contributed by atoms with Gasteiger partial charge < -0.3 is 9.84 Å². The van der Waals surface area contributed by atoms with E-state index in [-0.39, 0.29) is 17.9 Å². The summed E-state index contributed by atoms with van der Waals surface area (Å²) in [6.07, 6.45) is 0.